The van der Waals surface area contributed by atoms with Crippen LogP contribution in [0.3, 0.4) is 0 Å². The van der Waals surface area contributed by atoms with Crippen molar-refractivity contribution < 1.29 is 9.90 Å². The lowest BCUT2D eigenvalue weighted by Crippen LogP contribution is -2.57. The number of ketones is 1. The van der Waals surface area contributed by atoms with Gasteiger partial charge in [-0.15, -0.1) is 0 Å². The number of fused-ring (bicyclic) bond motifs is 5. The molecule has 0 aromatic carbocycles. The third-order valence-electron chi connectivity index (χ3n) is 9.13. The molecule has 23 heavy (non-hydrogen) atoms. The average molecular weight is 319 g/mol. The Morgan fingerprint density at radius 1 is 1.04 bits per heavy atom. The fraction of sp³-hybridized carbons (Fsp3) is 0.952. The molecule has 130 valence electrons. The Morgan fingerprint density at radius 3 is 2.48 bits per heavy atom. The summed E-state index contributed by atoms with van der Waals surface area (Å²) in [5, 5.41) is 10.1. The summed E-state index contributed by atoms with van der Waals surface area (Å²) in [7, 11) is 0. The van der Waals surface area contributed by atoms with E-state index in [-0.39, 0.29) is 6.10 Å². The second-order valence-electron chi connectivity index (χ2n) is 9.77. The van der Waals surface area contributed by atoms with Crippen LogP contribution in [0.25, 0.3) is 0 Å². The molecule has 2 heteroatoms. The minimum absolute atomic E-state index is 0.165. The van der Waals surface area contributed by atoms with Crippen molar-refractivity contribution in [2.45, 2.75) is 84.7 Å². The van der Waals surface area contributed by atoms with E-state index in [0.717, 1.165) is 31.6 Å². The maximum Gasteiger partial charge on any atom is 0.136 e. The monoisotopic (exact) mass is 318 g/mol. The van der Waals surface area contributed by atoms with Crippen molar-refractivity contribution in [2.75, 3.05) is 0 Å². The smallest absolute Gasteiger partial charge is 0.136 e. The molecule has 2 nitrogen and oxygen atoms in total. The van der Waals surface area contributed by atoms with Gasteiger partial charge in [-0.1, -0.05) is 27.2 Å². The van der Waals surface area contributed by atoms with Crippen molar-refractivity contribution >= 4 is 5.78 Å². The van der Waals surface area contributed by atoms with Gasteiger partial charge in [0.2, 0.25) is 0 Å². The number of hydrogen-bond donors (Lipinski definition) is 1. The predicted molar refractivity (Wildman–Crippen MR) is 91.9 cm³/mol. The Balaban J connectivity index is 1.67. The standard InChI is InChI=1S/C21H34O2/c1-4-13-5-6-16-19-17(8-10-20(13,16)2)21(3)9-7-15(22)11-14(21)12-18(19)23/h13-17,19,22H,4-12H2,1-3H3/t13-,14-,15+,16?,17?,19?,20+,21-/m0/s1. The first-order valence-corrected chi connectivity index (χ1v) is 10.1. The number of Topliss-reactive ketones (excluding diaryl/α,β-unsaturated/α-hetero) is 1. The molecule has 0 bridgehead atoms. The number of hydrogen-bond acceptors (Lipinski definition) is 2. The van der Waals surface area contributed by atoms with Gasteiger partial charge in [-0.25, -0.2) is 0 Å². The molecule has 0 aliphatic heterocycles. The topological polar surface area (TPSA) is 37.3 Å². The first kappa shape index (κ1) is 16.1. The summed E-state index contributed by atoms with van der Waals surface area (Å²) in [6.07, 6.45) is 10.0. The molecule has 0 radical (unpaired) electrons. The van der Waals surface area contributed by atoms with E-state index in [9.17, 15) is 9.90 Å². The lowest BCUT2D eigenvalue weighted by Gasteiger charge is -2.60. The normalized spacial score (nSPS) is 55.9. The van der Waals surface area contributed by atoms with Crippen LogP contribution in [-0.2, 0) is 4.79 Å². The Hall–Kier alpha value is -0.370. The molecule has 0 saturated heterocycles. The minimum atomic E-state index is -0.165. The third kappa shape index (κ3) is 2.12. The summed E-state index contributed by atoms with van der Waals surface area (Å²) >= 11 is 0. The third-order valence-corrected chi connectivity index (χ3v) is 9.13. The number of carbonyl (C=O) groups excluding carboxylic acids is 1. The van der Waals surface area contributed by atoms with E-state index in [0.29, 0.717) is 40.3 Å². The molecule has 8 atom stereocenters. The molecule has 1 N–H and O–H groups in total. The van der Waals surface area contributed by atoms with Crippen molar-refractivity contribution in [2.24, 2.45) is 40.4 Å². The maximum atomic E-state index is 13.1. The fourth-order valence-corrected chi connectivity index (χ4v) is 7.69. The highest BCUT2D eigenvalue weighted by Gasteiger charge is 2.62. The van der Waals surface area contributed by atoms with Gasteiger partial charge in [-0.3, -0.25) is 4.79 Å². The van der Waals surface area contributed by atoms with Gasteiger partial charge < -0.3 is 5.11 Å². The number of carbonyl (C=O) groups is 1. The number of rotatable bonds is 1. The van der Waals surface area contributed by atoms with Crippen LogP contribution in [0.5, 0.6) is 0 Å². The fourth-order valence-electron chi connectivity index (χ4n) is 7.69. The zero-order chi connectivity index (χ0) is 16.4. The van der Waals surface area contributed by atoms with Gasteiger partial charge in [0.05, 0.1) is 6.10 Å². The average Bonchev–Trinajstić information content (AvgIpc) is 2.85. The Morgan fingerprint density at radius 2 is 1.74 bits per heavy atom. The second kappa shape index (κ2) is 5.31. The van der Waals surface area contributed by atoms with Gasteiger partial charge in [-0.05, 0) is 79.4 Å². The molecule has 4 fully saturated rings. The zero-order valence-corrected chi connectivity index (χ0v) is 15.2. The van der Waals surface area contributed by atoms with E-state index < -0.39 is 0 Å². The summed E-state index contributed by atoms with van der Waals surface area (Å²) in [5.41, 5.74) is 0.729. The maximum absolute atomic E-state index is 13.1. The van der Waals surface area contributed by atoms with E-state index >= 15 is 0 Å². The molecule has 4 saturated carbocycles. The van der Waals surface area contributed by atoms with E-state index in [2.05, 4.69) is 20.8 Å². The molecule has 3 unspecified atom stereocenters. The van der Waals surface area contributed by atoms with Crippen LogP contribution in [0.4, 0.5) is 0 Å². The van der Waals surface area contributed by atoms with E-state index in [4.69, 9.17) is 0 Å². The van der Waals surface area contributed by atoms with Crippen LogP contribution in [0, 0.1) is 40.4 Å². The lowest BCUT2D eigenvalue weighted by molar-refractivity contribution is -0.160. The molecular weight excluding hydrogens is 284 g/mol. The van der Waals surface area contributed by atoms with Crippen LogP contribution < -0.4 is 0 Å². The minimum Gasteiger partial charge on any atom is -0.393 e. The molecule has 0 spiro atoms. The van der Waals surface area contributed by atoms with E-state index in [1.165, 1.54) is 32.1 Å². The number of aliphatic hydroxyl groups is 1. The van der Waals surface area contributed by atoms with Crippen LogP contribution in [0.15, 0.2) is 0 Å². The van der Waals surface area contributed by atoms with Crippen molar-refractivity contribution in [3.8, 4) is 0 Å². The molecule has 0 aromatic rings. The van der Waals surface area contributed by atoms with Crippen LogP contribution in [0.1, 0.15) is 78.6 Å². The van der Waals surface area contributed by atoms with E-state index in [1.54, 1.807) is 0 Å². The summed E-state index contributed by atoms with van der Waals surface area (Å²) < 4.78 is 0. The van der Waals surface area contributed by atoms with Crippen LogP contribution in [0.2, 0.25) is 0 Å². The summed E-state index contributed by atoms with van der Waals surface area (Å²) in [6, 6.07) is 0. The van der Waals surface area contributed by atoms with Crippen molar-refractivity contribution in [1.82, 2.24) is 0 Å². The zero-order valence-electron chi connectivity index (χ0n) is 15.2. The Kier molecular flexibility index (Phi) is 3.72. The van der Waals surface area contributed by atoms with Gasteiger partial charge in [0.25, 0.3) is 0 Å². The van der Waals surface area contributed by atoms with Gasteiger partial charge in [0.1, 0.15) is 5.78 Å². The van der Waals surface area contributed by atoms with Crippen LogP contribution in [-0.4, -0.2) is 17.0 Å². The van der Waals surface area contributed by atoms with Gasteiger partial charge in [-0.2, -0.15) is 0 Å². The Labute approximate surface area is 141 Å². The molecule has 0 aromatic heterocycles. The first-order chi connectivity index (χ1) is 10.9. The SMILES string of the molecule is CC[C@H]1CCC2C3C(=O)C[C@@H]4C[C@H](O)CC[C@]4(C)C3CC[C@@]21C. The lowest BCUT2D eigenvalue weighted by atomic mass is 9.44. The molecule has 4 aliphatic rings. The largest absolute Gasteiger partial charge is 0.393 e. The number of aliphatic hydroxyl groups excluding tert-OH is 1. The van der Waals surface area contributed by atoms with Crippen molar-refractivity contribution in [3.63, 3.8) is 0 Å². The highest BCUT2D eigenvalue weighted by molar-refractivity contribution is 5.83. The van der Waals surface area contributed by atoms with Gasteiger partial charge in [0.15, 0.2) is 0 Å². The molecule has 0 amide bonds. The Bertz CT molecular complexity index is 500. The molecule has 4 rings (SSSR count). The summed E-state index contributed by atoms with van der Waals surface area (Å²) in [5.74, 6) is 3.40. The second-order valence-corrected chi connectivity index (χ2v) is 9.77. The highest BCUT2D eigenvalue weighted by Crippen LogP contribution is 2.66. The van der Waals surface area contributed by atoms with Crippen molar-refractivity contribution in [3.05, 3.63) is 0 Å². The molecule has 4 aliphatic carbocycles. The van der Waals surface area contributed by atoms with E-state index in [1.807, 2.05) is 0 Å². The van der Waals surface area contributed by atoms with Crippen molar-refractivity contribution in [1.29, 1.82) is 0 Å². The molecule has 0 heterocycles. The summed E-state index contributed by atoms with van der Waals surface area (Å²) in [6.45, 7) is 7.30. The summed E-state index contributed by atoms with van der Waals surface area (Å²) in [4.78, 5) is 13.1. The molecular formula is C21H34O2. The predicted octanol–water partition coefficient (Wildman–Crippen LogP) is 4.60. The quantitative estimate of drug-likeness (QED) is 0.767. The first-order valence-electron chi connectivity index (χ1n) is 10.1. The van der Waals surface area contributed by atoms with Gasteiger partial charge in [0, 0.05) is 12.3 Å². The van der Waals surface area contributed by atoms with Gasteiger partial charge >= 0.3 is 0 Å². The highest BCUT2D eigenvalue weighted by atomic mass is 16.3. The van der Waals surface area contributed by atoms with Crippen LogP contribution >= 0.6 is 0 Å².